The van der Waals surface area contributed by atoms with Crippen LogP contribution >= 0.6 is 11.6 Å². The highest BCUT2D eigenvalue weighted by atomic mass is 35.5. The first kappa shape index (κ1) is 23.2. The predicted octanol–water partition coefficient (Wildman–Crippen LogP) is 4.27. The Morgan fingerprint density at radius 1 is 1.17 bits per heavy atom. The van der Waals surface area contributed by atoms with Crippen LogP contribution in [0.5, 0.6) is 0 Å². The number of fused-ring (bicyclic) bond motifs is 1. The molecule has 8 nitrogen and oxygen atoms in total. The van der Waals surface area contributed by atoms with Crippen LogP contribution in [-0.4, -0.2) is 44.9 Å². The summed E-state index contributed by atoms with van der Waals surface area (Å²) in [6, 6.07) is 9.41. The van der Waals surface area contributed by atoms with Gasteiger partial charge in [0.2, 0.25) is 0 Å². The maximum Gasteiger partial charge on any atom is 0.270 e. The second-order valence-corrected chi connectivity index (χ2v) is 8.92. The van der Waals surface area contributed by atoms with Crippen molar-refractivity contribution in [2.75, 3.05) is 18.5 Å². The average Bonchev–Trinajstić information content (AvgIpc) is 3.30. The molecule has 1 saturated heterocycles. The van der Waals surface area contributed by atoms with Crippen molar-refractivity contribution in [2.45, 2.75) is 24.9 Å². The molecule has 1 amide bonds. The third-order valence-corrected chi connectivity index (χ3v) is 6.30. The molecule has 0 spiro atoms. The lowest BCUT2D eigenvalue weighted by molar-refractivity contribution is 0.0903. The number of ether oxygens (including phenoxy) is 1. The minimum Gasteiger partial charge on any atom is -0.381 e. The number of carbonyl (C=O) groups excluding carboxylic acids is 1. The molecule has 1 aliphatic heterocycles. The molecule has 4 aromatic rings. The van der Waals surface area contributed by atoms with Gasteiger partial charge in [0.1, 0.15) is 17.3 Å². The maximum absolute atomic E-state index is 14.2. The Kier molecular flexibility index (Phi) is 6.61. The van der Waals surface area contributed by atoms with Crippen LogP contribution < -0.4 is 10.6 Å². The van der Waals surface area contributed by atoms with Gasteiger partial charge in [-0.3, -0.25) is 9.48 Å². The van der Waals surface area contributed by atoms with E-state index >= 15 is 0 Å². The average molecular weight is 495 g/mol. The highest BCUT2D eigenvalue weighted by Crippen LogP contribution is 2.26. The van der Waals surface area contributed by atoms with Crippen LogP contribution in [0, 0.1) is 5.82 Å². The number of hydrogen-bond donors (Lipinski definition) is 2. The van der Waals surface area contributed by atoms with Gasteiger partial charge in [-0.1, -0.05) is 17.7 Å². The van der Waals surface area contributed by atoms with Gasteiger partial charge in [0, 0.05) is 55.7 Å². The van der Waals surface area contributed by atoms with Crippen molar-refractivity contribution >= 4 is 34.2 Å². The van der Waals surface area contributed by atoms with Gasteiger partial charge in [0.05, 0.1) is 22.8 Å². The normalized spacial score (nSPS) is 15.2. The fraction of sp³-hybridized carbons (Fsp3) is 0.280. The lowest BCUT2D eigenvalue weighted by Gasteiger charge is -2.23. The van der Waals surface area contributed by atoms with Gasteiger partial charge in [-0.05, 0) is 42.7 Å². The van der Waals surface area contributed by atoms with Crippen molar-refractivity contribution < 1.29 is 13.9 Å². The summed E-state index contributed by atoms with van der Waals surface area (Å²) >= 11 is 5.86. The first-order valence-corrected chi connectivity index (χ1v) is 11.7. The molecule has 0 radical (unpaired) electrons. The van der Waals surface area contributed by atoms with Crippen molar-refractivity contribution in [3.63, 3.8) is 0 Å². The number of pyridine rings is 2. The zero-order chi connectivity index (χ0) is 24.4. The van der Waals surface area contributed by atoms with E-state index in [0.717, 1.165) is 31.4 Å². The number of rotatable bonds is 6. The standard InChI is InChI=1S/C25H24ClFN6O2/c1-33-14-17(13-29-33)24(15-2-4-19(26)20(27)10-15)32-25(34)21-5-3-16-12-28-23(11-22(16)31-21)30-18-6-8-35-9-7-18/h2-5,10-14,18,24H,6-9H2,1H3,(H,28,30)(H,32,34)/t24-/m0/s1. The van der Waals surface area contributed by atoms with Crippen molar-refractivity contribution in [1.29, 1.82) is 0 Å². The molecular formula is C25H24ClFN6O2. The number of carbonyl (C=O) groups is 1. The van der Waals surface area contributed by atoms with Gasteiger partial charge in [-0.25, -0.2) is 14.4 Å². The van der Waals surface area contributed by atoms with E-state index in [-0.39, 0.29) is 10.7 Å². The SMILES string of the molecule is Cn1cc([C@@H](NC(=O)c2ccc3cnc(NC4CCOCC4)cc3n2)c2ccc(Cl)c(F)c2)cn1. The summed E-state index contributed by atoms with van der Waals surface area (Å²) in [6.07, 6.45) is 6.96. The lowest BCUT2D eigenvalue weighted by atomic mass is 10.0. The Morgan fingerprint density at radius 3 is 2.74 bits per heavy atom. The Bertz CT molecular complexity index is 1370. The summed E-state index contributed by atoms with van der Waals surface area (Å²) in [5.74, 6) is -0.251. The molecule has 0 saturated carbocycles. The van der Waals surface area contributed by atoms with E-state index in [2.05, 4.69) is 25.7 Å². The third kappa shape index (κ3) is 5.26. The smallest absolute Gasteiger partial charge is 0.270 e. The summed E-state index contributed by atoms with van der Waals surface area (Å²) in [4.78, 5) is 22.3. The molecule has 1 aromatic carbocycles. The van der Waals surface area contributed by atoms with Crippen LogP contribution in [0.4, 0.5) is 10.2 Å². The monoisotopic (exact) mass is 494 g/mol. The summed E-state index contributed by atoms with van der Waals surface area (Å²) in [5.41, 5.74) is 2.14. The molecule has 0 aliphatic carbocycles. The van der Waals surface area contributed by atoms with Crippen molar-refractivity contribution in [3.8, 4) is 0 Å². The lowest BCUT2D eigenvalue weighted by Crippen LogP contribution is -2.30. The van der Waals surface area contributed by atoms with Crippen LogP contribution in [0.3, 0.4) is 0 Å². The Hall–Kier alpha value is -3.56. The number of amides is 1. The molecule has 3 aromatic heterocycles. The number of anilines is 1. The maximum atomic E-state index is 14.2. The van der Waals surface area contributed by atoms with E-state index in [1.165, 1.54) is 12.1 Å². The van der Waals surface area contributed by atoms with E-state index in [9.17, 15) is 9.18 Å². The number of nitrogens with one attached hydrogen (secondary N) is 2. The first-order chi connectivity index (χ1) is 17.0. The molecule has 1 fully saturated rings. The summed E-state index contributed by atoms with van der Waals surface area (Å²) < 4.78 is 21.2. The van der Waals surface area contributed by atoms with Crippen LogP contribution in [0.2, 0.25) is 5.02 Å². The van der Waals surface area contributed by atoms with Crippen LogP contribution in [-0.2, 0) is 11.8 Å². The molecule has 1 atom stereocenters. The molecule has 4 heterocycles. The second-order valence-electron chi connectivity index (χ2n) is 8.52. The van der Waals surface area contributed by atoms with E-state index < -0.39 is 17.8 Å². The van der Waals surface area contributed by atoms with Gasteiger partial charge < -0.3 is 15.4 Å². The number of nitrogens with zero attached hydrogens (tertiary/aromatic N) is 4. The van der Waals surface area contributed by atoms with Crippen molar-refractivity contribution in [3.05, 3.63) is 82.6 Å². The molecule has 5 rings (SSSR count). The number of benzene rings is 1. The first-order valence-electron chi connectivity index (χ1n) is 11.3. The van der Waals surface area contributed by atoms with E-state index in [0.29, 0.717) is 28.5 Å². The molecular weight excluding hydrogens is 471 g/mol. The van der Waals surface area contributed by atoms with Gasteiger partial charge in [-0.15, -0.1) is 0 Å². The summed E-state index contributed by atoms with van der Waals surface area (Å²) in [6.45, 7) is 1.45. The van der Waals surface area contributed by atoms with Crippen LogP contribution in [0.15, 0.2) is 55.0 Å². The molecule has 180 valence electrons. The Balaban J connectivity index is 1.41. The van der Waals surface area contributed by atoms with Crippen LogP contribution in [0.1, 0.15) is 40.5 Å². The largest absolute Gasteiger partial charge is 0.381 e. The molecule has 1 aliphatic rings. The Labute approximate surface area is 206 Å². The molecule has 2 N–H and O–H groups in total. The highest BCUT2D eigenvalue weighted by molar-refractivity contribution is 6.30. The molecule has 0 bridgehead atoms. The fourth-order valence-corrected chi connectivity index (χ4v) is 4.24. The van der Waals surface area contributed by atoms with Crippen molar-refractivity contribution in [1.82, 2.24) is 25.1 Å². The van der Waals surface area contributed by atoms with Crippen LogP contribution in [0.25, 0.3) is 10.9 Å². The quantitative estimate of drug-likeness (QED) is 0.416. The highest BCUT2D eigenvalue weighted by Gasteiger charge is 2.22. The van der Waals surface area contributed by atoms with E-state index in [4.69, 9.17) is 16.3 Å². The topological polar surface area (TPSA) is 94.0 Å². The van der Waals surface area contributed by atoms with Gasteiger partial charge in [0.25, 0.3) is 5.91 Å². The van der Waals surface area contributed by atoms with E-state index in [1.54, 1.807) is 42.5 Å². The number of halogens is 2. The fourth-order valence-electron chi connectivity index (χ4n) is 4.12. The zero-order valence-electron chi connectivity index (χ0n) is 19.0. The summed E-state index contributed by atoms with van der Waals surface area (Å²) in [7, 11) is 1.77. The number of aromatic nitrogens is 4. The molecule has 10 heteroatoms. The van der Waals surface area contributed by atoms with Gasteiger partial charge in [-0.2, -0.15) is 5.10 Å². The summed E-state index contributed by atoms with van der Waals surface area (Å²) in [5, 5.41) is 11.4. The number of hydrogen-bond acceptors (Lipinski definition) is 6. The zero-order valence-corrected chi connectivity index (χ0v) is 19.8. The third-order valence-electron chi connectivity index (χ3n) is 5.99. The Morgan fingerprint density at radius 2 is 2.00 bits per heavy atom. The van der Waals surface area contributed by atoms with Crippen molar-refractivity contribution in [2.24, 2.45) is 7.05 Å². The second kappa shape index (κ2) is 9.97. The minimum atomic E-state index is -0.636. The van der Waals surface area contributed by atoms with Gasteiger partial charge >= 0.3 is 0 Å². The number of aryl methyl sites for hydroxylation is 1. The minimum absolute atomic E-state index is 0.0139. The molecule has 35 heavy (non-hydrogen) atoms. The van der Waals surface area contributed by atoms with E-state index in [1.807, 2.05) is 12.1 Å². The predicted molar refractivity (Wildman–Crippen MR) is 131 cm³/mol. The van der Waals surface area contributed by atoms with Gasteiger partial charge in [0.15, 0.2) is 0 Å². The molecule has 0 unspecified atom stereocenters.